The summed E-state index contributed by atoms with van der Waals surface area (Å²) < 4.78 is 0. The zero-order valence-electron chi connectivity index (χ0n) is 6.84. The maximum atomic E-state index is 10.3. The molecule has 0 fully saturated rings. The molecule has 0 aliphatic rings. The van der Waals surface area contributed by atoms with E-state index in [9.17, 15) is 20.2 Å². The van der Waals surface area contributed by atoms with E-state index in [-0.39, 0.29) is 5.56 Å². The molecular formula is C7H5N2O5. The van der Waals surface area contributed by atoms with Crippen molar-refractivity contribution >= 4 is 11.4 Å². The van der Waals surface area contributed by atoms with Crippen LogP contribution in [0.5, 0.6) is 5.75 Å². The normalized spacial score (nSPS) is 9.79. The highest BCUT2D eigenvalue weighted by Crippen LogP contribution is 2.33. The summed E-state index contributed by atoms with van der Waals surface area (Å²) in [5, 5.41) is 29.8. The molecule has 0 heterocycles. The minimum absolute atomic E-state index is 0.147. The number of hydrogen-bond acceptors (Lipinski definition) is 5. The molecule has 1 radical (unpaired) electrons. The van der Waals surface area contributed by atoms with Gasteiger partial charge in [0.05, 0.1) is 15.9 Å². The van der Waals surface area contributed by atoms with Gasteiger partial charge in [0.2, 0.25) is 0 Å². The van der Waals surface area contributed by atoms with Gasteiger partial charge >= 0.3 is 5.69 Å². The molecule has 1 rings (SSSR count). The standard InChI is InChI=1S/C7H5N2O5/c1-4-2-5(8(11)12)3-6(7(4)10)9(13)14/h2-3,10H,1H2. The lowest BCUT2D eigenvalue weighted by Crippen LogP contribution is -1.94. The zero-order chi connectivity index (χ0) is 10.9. The second kappa shape index (κ2) is 3.29. The maximum absolute atomic E-state index is 10.3. The zero-order valence-corrected chi connectivity index (χ0v) is 6.84. The second-order valence-corrected chi connectivity index (χ2v) is 2.49. The van der Waals surface area contributed by atoms with Crippen LogP contribution in [0.15, 0.2) is 12.1 Å². The Morgan fingerprint density at radius 2 is 1.79 bits per heavy atom. The van der Waals surface area contributed by atoms with Crippen molar-refractivity contribution in [2.24, 2.45) is 0 Å². The van der Waals surface area contributed by atoms with Crippen LogP contribution < -0.4 is 0 Å². The van der Waals surface area contributed by atoms with Gasteiger partial charge in [0.1, 0.15) is 0 Å². The van der Waals surface area contributed by atoms with Crippen molar-refractivity contribution in [1.29, 1.82) is 0 Å². The van der Waals surface area contributed by atoms with Crippen LogP contribution in [-0.2, 0) is 0 Å². The van der Waals surface area contributed by atoms with Crippen molar-refractivity contribution in [3.63, 3.8) is 0 Å². The van der Waals surface area contributed by atoms with E-state index in [0.717, 1.165) is 6.07 Å². The highest BCUT2D eigenvalue weighted by atomic mass is 16.6. The van der Waals surface area contributed by atoms with Crippen LogP contribution in [0.2, 0.25) is 0 Å². The van der Waals surface area contributed by atoms with Crippen molar-refractivity contribution in [3.8, 4) is 5.75 Å². The largest absolute Gasteiger partial charge is 0.502 e. The summed E-state index contributed by atoms with van der Waals surface area (Å²) in [5.41, 5.74) is -1.34. The molecule has 0 amide bonds. The second-order valence-electron chi connectivity index (χ2n) is 2.49. The third-order valence-electron chi connectivity index (χ3n) is 1.56. The average molecular weight is 197 g/mol. The van der Waals surface area contributed by atoms with Crippen molar-refractivity contribution in [3.05, 3.63) is 44.8 Å². The predicted molar refractivity (Wildman–Crippen MR) is 45.9 cm³/mol. The first-order valence-electron chi connectivity index (χ1n) is 3.41. The molecule has 0 aromatic heterocycles. The molecule has 1 aromatic rings. The number of nitro groups is 2. The van der Waals surface area contributed by atoms with Crippen LogP contribution in [0, 0.1) is 27.2 Å². The van der Waals surface area contributed by atoms with Crippen molar-refractivity contribution in [2.45, 2.75) is 0 Å². The summed E-state index contributed by atoms with van der Waals surface area (Å²) >= 11 is 0. The number of phenols is 1. The van der Waals surface area contributed by atoms with Gasteiger partial charge in [-0.25, -0.2) is 0 Å². The Morgan fingerprint density at radius 1 is 1.21 bits per heavy atom. The fourth-order valence-corrected chi connectivity index (χ4v) is 0.906. The van der Waals surface area contributed by atoms with Crippen LogP contribution in [0.1, 0.15) is 5.56 Å². The van der Waals surface area contributed by atoms with Crippen molar-refractivity contribution in [1.82, 2.24) is 0 Å². The first-order chi connectivity index (χ1) is 6.43. The molecule has 7 nitrogen and oxygen atoms in total. The quantitative estimate of drug-likeness (QED) is 0.569. The lowest BCUT2D eigenvalue weighted by molar-refractivity contribution is -0.394. The number of non-ortho nitro benzene ring substituents is 1. The highest BCUT2D eigenvalue weighted by Gasteiger charge is 2.21. The molecule has 0 bridgehead atoms. The van der Waals surface area contributed by atoms with Crippen LogP contribution >= 0.6 is 0 Å². The van der Waals surface area contributed by atoms with Crippen LogP contribution in [0.4, 0.5) is 11.4 Å². The summed E-state index contributed by atoms with van der Waals surface area (Å²) in [6.07, 6.45) is 0. The third kappa shape index (κ3) is 1.60. The molecule has 7 heteroatoms. The summed E-state index contributed by atoms with van der Waals surface area (Å²) in [5.74, 6) is -0.652. The van der Waals surface area contributed by atoms with E-state index < -0.39 is 27.0 Å². The minimum atomic E-state index is -0.906. The summed E-state index contributed by atoms with van der Waals surface area (Å²) in [7, 11) is 0. The summed E-state index contributed by atoms with van der Waals surface area (Å²) in [6, 6.07) is 1.65. The molecule has 1 aromatic carbocycles. The molecule has 0 atom stereocenters. The fourth-order valence-electron chi connectivity index (χ4n) is 0.906. The molecule has 0 spiro atoms. The smallest absolute Gasteiger partial charge is 0.317 e. The van der Waals surface area contributed by atoms with Gasteiger partial charge in [-0.15, -0.1) is 0 Å². The monoisotopic (exact) mass is 197 g/mol. The topological polar surface area (TPSA) is 107 Å². The van der Waals surface area contributed by atoms with E-state index in [0.29, 0.717) is 6.07 Å². The van der Waals surface area contributed by atoms with E-state index in [1.165, 1.54) is 0 Å². The Kier molecular flexibility index (Phi) is 2.32. The first-order valence-corrected chi connectivity index (χ1v) is 3.41. The van der Waals surface area contributed by atoms with Gasteiger partial charge in [-0.1, -0.05) is 0 Å². The summed E-state index contributed by atoms with van der Waals surface area (Å²) in [6.45, 7) is 3.25. The molecule has 14 heavy (non-hydrogen) atoms. The van der Waals surface area contributed by atoms with E-state index >= 15 is 0 Å². The number of benzene rings is 1. The van der Waals surface area contributed by atoms with E-state index in [2.05, 4.69) is 6.92 Å². The van der Waals surface area contributed by atoms with Crippen molar-refractivity contribution in [2.75, 3.05) is 0 Å². The van der Waals surface area contributed by atoms with Crippen LogP contribution in [0.3, 0.4) is 0 Å². The molecule has 0 saturated carbocycles. The third-order valence-corrected chi connectivity index (χ3v) is 1.56. The number of nitrogens with zero attached hydrogens (tertiary/aromatic N) is 2. The van der Waals surface area contributed by atoms with Crippen LogP contribution in [0.25, 0.3) is 0 Å². The Balaban J connectivity index is 3.43. The van der Waals surface area contributed by atoms with E-state index in [4.69, 9.17) is 5.11 Å². The molecule has 73 valence electrons. The Labute approximate surface area is 77.9 Å². The molecule has 0 unspecified atom stereocenters. The molecule has 0 saturated heterocycles. The lowest BCUT2D eigenvalue weighted by atomic mass is 10.1. The Hall–Kier alpha value is -2.18. The lowest BCUT2D eigenvalue weighted by Gasteiger charge is -1.99. The minimum Gasteiger partial charge on any atom is -0.502 e. The van der Waals surface area contributed by atoms with Gasteiger partial charge in [0.25, 0.3) is 5.69 Å². The predicted octanol–water partition coefficient (Wildman–Crippen LogP) is 1.39. The number of phenolic OH excluding ortho intramolecular Hbond substituents is 1. The van der Waals surface area contributed by atoms with Gasteiger partial charge in [0.15, 0.2) is 5.75 Å². The number of hydrogen-bond donors (Lipinski definition) is 1. The molecular weight excluding hydrogens is 192 g/mol. The fraction of sp³-hybridized carbons (Fsp3) is 0. The molecule has 1 N–H and O–H groups in total. The highest BCUT2D eigenvalue weighted by molar-refractivity contribution is 5.58. The van der Waals surface area contributed by atoms with Gasteiger partial charge in [-0.3, -0.25) is 20.2 Å². The molecule has 0 aliphatic carbocycles. The van der Waals surface area contributed by atoms with Gasteiger partial charge < -0.3 is 5.11 Å². The van der Waals surface area contributed by atoms with Crippen LogP contribution in [-0.4, -0.2) is 15.0 Å². The van der Waals surface area contributed by atoms with Gasteiger partial charge in [0, 0.05) is 11.6 Å². The Bertz CT molecular complexity index is 415. The average Bonchev–Trinajstić information content (AvgIpc) is 2.08. The SMILES string of the molecule is [CH2]c1cc([N+](=O)[O-])cc([N+](=O)[O-])c1O. The number of aromatic hydroxyl groups is 1. The molecule has 0 aliphatic heterocycles. The number of rotatable bonds is 2. The van der Waals surface area contributed by atoms with Crippen molar-refractivity contribution < 1.29 is 15.0 Å². The van der Waals surface area contributed by atoms with Gasteiger partial charge in [-0.05, 0) is 6.92 Å². The Morgan fingerprint density at radius 3 is 2.21 bits per heavy atom. The summed E-state index contributed by atoms with van der Waals surface area (Å²) in [4.78, 5) is 19.0. The number of nitro benzene ring substituents is 2. The first kappa shape index (κ1) is 9.90. The maximum Gasteiger partial charge on any atom is 0.317 e. The van der Waals surface area contributed by atoms with E-state index in [1.807, 2.05) is 0 Å². The van der Waals surface area contributed by atoms with E-state index in [1.54, 1.807) is 0 Å². The van der Waals surface area contributed by atoms with Gasteiger partial charge in [-0.2, -0.15) is 0 Å².